The van der Waals surface area contributed by atoms with Gasteiger partial charge in [-0.3, -0.25) is 24.1 Å². The van der Waals surface area contributed by atoms with Gasteiger partial charge in [0, 0.05) is 25.0 Å². The number of benzene rings is 1. The molecule has 11 heteroatoms. The molecule has 10 nitrogen and oxygen atoms in total. The lowest BCUT2D eigenvalue weighted by Crippen LogP contribution is -2.34. The number of nitrogens with zero attached hydrogens (tertiary/aromatic N) is 3. The van der Waals surface area contributed by atoms with Crippen LogP contribution in [0.4, 0.5) is 0 Å². The highest BCUT2D eigenvalue weighted by atomic mass is 32.1. The molecule has 3 amide bonds. The second kappa shape index (κ2) is 7.66. The van der Waals surface area contributed by atoms with Crippen molar-refractivity contribution in [1.82, 2.24) is 9.47 Å². The van der Waals surface area contributed by atoms with E-state index in [1.165, 1.54) is 11.3 Å². The van der Waals surface area contributed by atoms with Crippen LogP contribution in [0, 0.1) is 0 Å². The van der Waals surface area contributed by atoms with Gasteiger partial charge in [0.2, 0.25) is 18.6 Å². The Kier molecular flexibility index (Phi) is 5.05. The van der Waals surface area contributed by atoms with Crippen LogP contribution in [-0.4, -0.2) is 53.1 Å². The number of rotatable bonds is 5. The van der Waals surface area contributed by atoms with Gasteiger partial charge in [-0.25, -0.2) is 0 Å². The Bertz CT molecular complexity index is 1080. The van der Waals surface area contributed by atoms with Crippen LogP contribution < -0.4 is 14.3 Å². The van der Waals surface area contributed by atoms with Crippen LogP contribution in [0.15, 0.2) is 17.1 Å². The van der Waals surface area contributed by atoms with E-state index < -0.39 is 18.4 Å². The first kappa shape index (κ1) is 19.1. The quantitative estimate of drug-likeness (QED) is 0.514. The molecule has 2 aliphatic heterocycles. The molecule has 0 atom stereocenters. The minimum absolute atomic E-state index is 0.101. The van der Waals surface area contributed by atoms with E-state index >= 15 is 0 Å². The van der Waals surface area contributed by atoms with Crippen LogP contribution in [0.3, 0.4) is 0 Å². The highest BCUT2D eigenvalue weighted by Crippen LogP contribution is 2.37. The molecule has 152 valence electrons. The van der Waals surface area contributed by atoms with E-state index in [9.17, 15) is 19.2 Å². The standard InChI is InChI=1S/C18H17N3O7S/c1-2-26-17(25)8-20-10-5-11-12(28-9-27-11)6-13(10)29-18(20)19-14(22)7-21-15(23)3-4-16(21)24/h5-6H,2-4,7-9H2,1H3. The molecule has 1 aromatic carbocycles. The van der Waals surface area contributed by atoms with Crippen molar-refractivity contribution in [2.75, 3.05) is 19.9 Å². The number of aromatic nitrogens is 1. The second-order valence-electron chi connectivity index (χ2n) is 6.33. The zero-order valence-corrected chi connectivity index (χ0v) is 16.3. The largest absolute Gasteiger partial charge is 0.465 e. The van der Waals surface area contributed by atoms with Crippen LogP contribution in [0.2, 0.25) is 0 Å². The van der Waals surface area contributed by atoms with Gasteiger partial charge in [-0.1, -0.05) is 11.3 Å². The Morgan fingerprint density at radius 1 is 1.14 bits per heavy atom. The molecule has 0 aliphatic carbocycles. The minimum Gasteiger partial charge on any atom is -0.465 e. The number of hydrogen-bond donors (Lipinski definition) is 0. The molecule has 29 heavy (non-hydrogen) atoms. The fourth-order valence-corrected chi connectivity index (χ4v) is 4.17. The van der Waals surface area contributed by atoms with Gasteiger partial charge in [-0.15, -0.1) is 0 Å². The van der Waals surface area contributed by atoms with Crippen molar-refractivity contribution in [2.45, 2.75) is 26.3 Å². The van der Waals surface area contributed by atoms with Crippen LogP contribution in [0.25, 0.3) is 10.2 Å². The summed E-state index contributed by atoms with van der Waals surface area (Å²) in [6.07, 6.45) is 0.201. The maximum Gasteiger partial charge on any atom is 0.326 e. The molecule has 0 radical (unpaired) electrons. The average Bonchev–Trinajstić information content (AvgIpc) is 3.34. The molecular formula is C18H17N3O7S. The van der Waals surface area contributed by atoms with Gasteiger partial charge in [0.15, 0.2) is 16.3 Å². The van der Waals surface area contributed by atoms with E-state index in [1.807, 2.05) is 0 Å². The number of imide groups is 1. The highest BCUT2D eigenvalue weighted by Gasteiger charge is 2.30. The fraction of sp³-hybridized carbons (Fsp3) is 0.389. The first-order chi connectivity index (χ1) is 14.0. The molecule has 1 aromatic heterocycles. The molecule has 1 fully saturated rings. The van der Waals surface area contributed by atoms with Gasteiger partial charge < -0.3 is 18.8 Å². The number of fused-ring (bicyclic) bond motifs is 2. The molecule has 0 bridgehead atoms. The highest BCUT2D eigenvalue weighted by molar-refractivity contribution is 7.16. The Labute approximate surface area is 168 Å². The van der Waals surface area contributed by atoms with Crippen molar-refractivity contribution in [3.8, 4) is 11.5 Å². The van der Waals surface area contributed by atoms with Crippen LogP contribution in [0.1, 0.15) is 19.8 Å². The molecule has 0 spiro atoms. The first-order valence-corrected chi connectivity index (χ1v) is 9.77. The van der Waals surface area contributed by atoms with E-state index in [4.69, 9.17) is 14.2 Å². The lowest BCUT2D eigenvalue weighted by molar-refractivity contribution is -0.144. The number of likely N-dealkylation sites (tertiary alicyclic amines) is 1. The number of thiazole rings is 1. The summed E-state index contributed by atoms with van der Waals surface area (Å²) in [5.74, 6) is -0.825. The van der Waals surface area contributed by atoms with Crippen molar-refractivity contribution in [3.63, 3.8) is 0 Å². The number of hydrogen-bond acceptors (Lipinski definition) is 8. The van der Waals surface area contributed by atoms with Crippen molar-refractivity contribution in [2.24, 2.45) is 4.99 Å². The number of carbonyl (C=O) groups excluding carboxylic acids is 4. The normalized spacial score (nSPS) is 16.2. The molecule has 0 saturated carbocycles. The zero-order valence-electron chi connectivity index (χ0n) is 15.5. The van der Waals surface area contributed by atoms with E-state index in [2.05, 4.69) is 4.99 Å². The third kappa shape index (κ3) is 3.73. The fourth-order valence-electron chi connectivity index (χ4n) is 3.11. The minimum atomic E-state index is -0.655. The van der Waals surface area contributed by atoms with E-state index in [0.717, 1.165) is 9.60 Å². The maximum absolute atomic E-state index is 12.4. The zero-order chi connectivity index (χ0) is 20.5. The van der Waals surface area contributed by atoms with Crippen LogP contribution >= 0.6 is 11.3 Å². The summed E-state index contributed by atoms with van der Waals surface area (Å²) in [6, 6.07) is 3.46. The second-order valence-corrected chi connectivity index (χ2v) is 7.34. The lowest BCUT2D eigenvalue weighted by Gasteiger charge is -2.10. The predicted molar refractivity (Wildman–Crippen MR) is 99.1 cm³/mol. The smallest absolute Gasteiger partial charge is 0.326 e. The van der Waals surface area contributed by atoms with Crippen molar-refractivity contribution >= 4 is 45.2 Å². The molecule has 2 aromatic rings. The summed E-state index contributed by atoms with van der Waals surface area (Å²) in [5.41, 5.74) is 0.632. The van der Waals surface area contributed by atoms with E-state index in [1.54, 1.807) is 23.6 Å². The van der Waals surface area contributed by atoms with Gasteiger partial charge in [0.25, 0.3) is 5.91 Å². The van der Waals surface area contributed by atoms with E-state index in [-0.39, 0.29) is 49.4 Å². The van der Waals surface area contributed by atoms with Crippen LogP contribution in [-0.2, 0) is 30.5 Å². The summed E-state index contributed by atoms with van der Waals surface area (Å²) in [6.45, 7) is 1.46. The van der Waals surface area contributed by atoms with Gasteiger partial charge >= 0.3 is 5.97 Å². The van der Waals surface area contributed by atoms with Gasteiger partial charge in [-0.05, 0) is 6.92 Å². The summed E-state index contributed by atoms with van der Waals surface area (Å²) in [7, 11) is 0. The third-order valence-corrected chi connectivity index (χ3v) is 5.48. The SMILES string of the molecule is CCOC(=O)Cn1c(=NC(=O)CN2C(=O)CCC2=O)sc2cc3c(cc21)OCO3. The molecule has 3 heterocycles. The Hall–Kier alpha value is -3.21. The van der Waals surface area contributed by atoms with Crippen molar-refractivity contribution in [3.05, 3.63) is 16.9 Å². The molecule has 1 saturated heterocycles. The van der Waals surface area contributed by atoms with Crippen LogP contribution in [0.5, 0.6) is 11.5 Å². The van der Waals surface area contributed by atoms with Crippen molar-refractivity contribution in [1.29, 1.82) is 0 Å². The monoisotopic (exact) mass is 419 g/mol. The number of ether oxygens (including phenoxy) is 3. The third-order valence-electron chi connectivity index (χ3n) is 4.44. The Morgan fingerprint density at radius 3 is 2.52 bits per heavy atom. The maximum atomic E-state index is 12.4. The molecular weight excluding hydrogens is 402 g/mol. The summed E-state index contributed by atoms with van der Waals surface area (Å²) >= 11 is 1.18. The average molecular weight is 419 g/mol. The van der Waals surface area contributed by atoms with Gasteiger partial charge in [-0.2, -0.15) is 4.99 Å². The molecule has 4 rings (SSSR count). The summed E-state index contributed by atoms with van der Waals surface area (Å²) < 4.78 is 18.1. The summed E-state index contributed by atoms with van der Waals surface area (Å²) in [4.78, 5) is 53.2. The number of amides is 3. The first-order valence-electron chi connectivity index (χ1n) is 8.95. The molecule has 0 unspecified atom stereocenters. The number of esters is 1. The lowest BCUT2D eigenvalue weighted by atomic mass is 10.3. The molecule has 0 N–H and O–H groups in total. The topological polar surface area (TPSA) is 116 Å². The summed E-state index contributed by atoms with van der Waals surface area (Å²) in [5, 5.41) is 0. The van der Waals surface area contributed by atoms with Gasteiger partial charge in [0.05, 0.1) is 16.8 Å². The number of carbonyl (C=O) groups is 4. The predicted octanol–water partition coefficient (Wildman–Crippen LogP) is 0.571. The van der Waals surface area contributed by atoms with E-state index in [0.29, 0.717) is 17.0 Å². The Balaban J connectivity index is 1.72. The molecule has 2 aliphatic rings. The van der Waals surface area contributed by atoms with Crippen molar-refractivity contribution < 1.29 is 33.4 Å². The van der Waals surface area contributed by atoms with Gasteiger partial charge in [0.1, 0.15) is 13.1 Å². The Morgan fingerprint density at radius 2 is 1.83 bits per heavy atom.